The Bertz CT molecular complexity index is 801. The molecule has 1 aromatic carbocycles. The summed E-state index contributed by atoms with van der Waals surface area (Å²) in [6.45, 7) is 1.74. The number of furan rings is 1. The molecule has 2 heterocycles. The maximum absolute atomic E-state index is 12.3. The van der Waals surface area contributed by atoms with Crippen LogP contribution in [-0.2, 0) is 0 Å². The Morgan fingerprint density at radius 1 is 1.26 bits per heavy atom. The molecule has 0 bridgehead atoms. The lowest BCUT2D eigenvalue weighted by atomic mass is 10.2. The van der Waals surface area contributed by atoms with Gasteiger partial charge in [0.05, 0.1) is 23.4 Å². The van der Waals surface area contributed by atoms with Crippen LogP contribution < -0.4 is 5.56 Å². The van der Waals surface area contributed by atoms with Crippen LogP contribution in [-0.4, -0.2) is 15.9 Å². The van der Waals surface area contributed by atoms with Crippen molar-refractivity contribution < 1.29 is 4.42 Å². The predicted molar refractivity (Wildman–Crippen MR) is 72.4 cm³/mol. The first kappa shape index (κ1) is 11.4. The van der Waals surface area contributed by atoms with Crippen LogP contribution in [0.15, 0.2) is 57.0 Å². The molecule has 0 aliphatic rings. The van der Waals surface area contributed by atoms with Gasteiger partial charge < -0.3 is 4.42 Å². The third-order valence-electron chi connectivity index (χ3n) is 2.76. The first-order valence-corrected chi connectivity index (χ1v) is 5.82. The number of hydrogen-bond donors (Lipinski definition) is 0. The summed E-state index contributed by atoms with van der Waals surface area (Å²) in [5.41, 5.74) is 0.486. The number of nitrogens with zero attached hydrogens (tertiary/aromatic N) is 3. The zero-order chi connectivity index (χ0) is 13.2. The van der Waals surface area contributed by atoms with Crippen LogP contribution in [0.1, 0.15) is 11.6 Å². The highest BCUT2D eigenvalue weighted by atomic mass is 16.3. The van der Waals surface area contributed by atoms with Crippen molar-refractivity contribution in [3.8, 4) is 0 Å². The molecule has 0 N–H and O–H groups in total. The van der Waals surface area contributed by atoms with Gasteiger partial charge in [-0.1, -0.05) is 12.1 Å². The summed E-state index contributed by atoms with van der Waals surface area (Å²) >= 11 is 0. The number of hydrogen-bond acceptors (Lipinski definition) is 4. The second kappa shape index (κ2) is 4.53. The molecule has 0 saturated carbocycles. The minimum absolute atomic E-state index is 0.189. The van der Waals surface area contributed by atoms with Gasteiger partial charge in [0.15, 0.2) is 0 Å². The van der Waals surface area contributed by atoms with Gasteiger partial charge in [-0.3, -0.25) is 4.79 Å². The summed E-state index contributed by atoms with van der Waals surface area (Å²) in [6.07, 6.45) is 3.04. The molecule has 3 aromatic rings. The average Bonchev–Trinajstić information content (AvgIpc) is 2.92. The monoisotopic (exact) mass is 253 g/mol. The highest BCUT2D eigenvalue weighted by Crippen LogP contribution is 2.07. The highest BCUT2D eigenvalue weighted by molar-refractivity contribution is 5.78. The van der Waals surface area contributed by atoms with Gasteiger partial charge in [-0.05, 0) is 31.2 Å². The Hall–Kier alpha value is -2.69. The molecule has 5 heteroatoms. The van der Waals surface area contributed by atoms with E-state index >= 15 is 0 Å². The lowest BCUT2D eigenvalue weighted by Gasteiger charge is -2.04. The molecule has 0 unspecified atom stereocenters. The number of benzene rings is 1. The first-order valence-electron chi connectivity index (χ1n) is 5.82. The second-order valence-corrected chi connectivity index (χ2v) is 4.05. The Kier molecular flexibility index (Phi) is 2.72. The van der Waals surface area contributed by atoms with E-state index in [9.17, 15) is 4.79 Å². The molecule has 0 radical (unpaired) electrons. The minimum atomic E-state index is -0.189. The van der Waals surface area contributed by atoms with Gasteiger partial charge in [-0.15, -0.1) is 0 Å². The summed E-state index contributed by atoms with van der Waals surface area (Å²) in [4.78, 5) is 16.6. The van der Waals surface area contributed by atoms with E-state index in [0.29, 0.717) is 22.5 Å². The van der Waals surface area contributed by atoms with Gasteiger partial charge in [-0.25, -0.2) is 4.98 Å². The molecule has 0 spiro atoms. The van der Waals surface area contributed by atoms with Crippen molar-refractivity contribution >= 4 is 17.1 Å². The van der Waals surface area contributed by atoms with Gasteiger partial charge >= 0.3 is 0 Å². The van der Waals surface area contributed by atoms with Crippen molar-refractivity contribution in [2.45, 2.75) is 6.92 Å². The summed E-state index contributed by atoms with van der Waals surface area (Å²) in [5.74, 6) is 1.12. The third kappa shape index (κ3) is 2.06. The van der Waals surface area contributed by atoms with E-state index in [1.807, 2.05) is 12.1 Å². The maximum Gasteiger partial charge on any atom is 0.282 e. The molecule has 0 saturated heterocycles. The number of aryl methyl sites for hydroxylation is 1. The van der Waals surface area contributed by atoms with Crippen molar-refractivity contribution in [2.24, 2.45) is 5.10 Å². The largest absolute Gasteiger partial charge is 0.463 e. The van der Waals surface area contributed by atoms with Crippen LogP contribution in [0, 0.1) is 6.92 Å². The lowest BCUT2D eigenvalue weighted by molar-refractivity contribution is 0.559. The molecule has 0 amide bonds. The number of rotatable bonds is 2. The number of para-hydroxylation sites is 1. The summed E-state index contributed by atoms with van der Waals surface area (Å²) in [5, 5.41) is 4.67. The molecular formula is C14H11N3O2. The van der Waals surface area contributed by atoms with Crippen molar-refractivity contribution in [1.29, 1.82) is 0 Å². The predicted octanol–water partition coefficient (Wildman–Crippen LogP) is 2.18. The molecule has 0 fully saturated rings. The summed E-state index contributed by atoms with van der Waals surface area (Å²) < 4.78 is 6.41. The summed E-state index contributed by atoms with van der Waals surface area (Å²) in [7, 11) is 0. The van der Waals surface area contributed by atoms with Crippen LogP contribution in [0.2, 0.25) is 0 Å². The van der Waals surface area contributed by atoms with Gasteiger partial charge in [0.2, 0.25) is 0 Å². The molecule has 2 aromatic heterocycles. The van der Waals surface area contributed by atoms with Crippen molar-refractivity contribution in [1.82, 2.24) is 9.66 Å². The topological polar surface area (TPSA) is 60.4 Å². The Morgan fingerprint density at radius 2 is 2.11 bits per heavy atom. The fraction of sp³-hybridized carbons (Fsp3) is 0.0714. The molecule has 0 atom stereocenters. The Labute approximate surface area is 108 Å². The van der Waals surface area contributed by atoms with Crippen LogP contribution in [0.4, 0.5) is 0 Å². The molecule has 0 aliphatic heterocycles. The molecular weight excluding hydrogens is 242 g/mol. The third-order valence-corrected chi connectivity index (χ3v) is 2.76. The van der Waals surface area contributed by atoms with E-state index in [0.717, 1.165) is 0 Å². The fourth-order valence-electron chi connectivity index (χ4n) is 1.85. The second-order valence-electron chi connectivity index (χ2n) is 4.05. The minimum Gasteiger partial charge on any atom is -0.463 e. The Balaban J connectivity index is 2.16. The molecule has 3 rings (SSSR count). The van der Waals surface area contributed by atoms with Gasteiger partial charge in [-0.2, -0.15) is 9.78 Å². The van der Waals surface area contributed by atoms with Crippen LogP contribution in [0.5, 0.6) is 0 Å². The molecule has 0 aliphatic carbocycles. The zero-order valence-electron chi connectivity index (χ0n) is 10.3. The standard InChI is InChI=1S/C14H11N3O2/c1-10-16-13-7-3-2-6-12(13)14(18)17(10)15-9-11-5-4-8-19-11/h2-9H,1H3. The maximum atomic E-state index is 12.3. The average molecular weight is 253 g/mol. The molecule has 19 heavy (non-hydrogen) atoms. The molecule has 5 nitrogen and oxygen atoms in total. The normalized spacial score (nSPS) is 11.4. The quantitative estimate of drug-likeness (QED) is 0.658. The first-order chi connectivity index (χ1) is 9.25. The van der Waals surface area contributed by atoms with E-state index < -0.39 is 0 Å². The number of fused-ring (bicyclic) bond motifs is 1. The van der Waals surface area contributed by atoms with E-state index in [-0.39, 0.29) is 5.56 Å². The van der Waals surface area contributed by atoms with Gasteiger partial charge in [0.1, 0.15) is 11.6 Å². The molecule has 94 valence electrons. The van der Waals surface area contributed by atoms with Gasteiger partial charge in [0, 0.05) is 0 Å². The van der Waals surface area contributed by atoms with Crippen LogP contribution >= 0.6 is 0 Å². The zero-order valence-corrected chi connectivity index (χ0v) is 10.3. The number of aromatic nitrogens is 2. The van der Waals surface area contributed by atoms with E-state index in [1.165, 1.54) is 10.9 Å². The lowest BCUT2D eigenvalue weighted by Crippen LogP contribution is -2.20. The smallest absolute Gasteiger partial charge is 0.282 e. The van der Waals surface area contributed by atoms with Crippen molar-refractivity contribution in [3.63, 3.8) is 0 Å². The van der Waals surface area contributed by atoms with E-state index in [2.05, 4.69) is 10.1 Å². The van der Waals surface area contributed by atoms with E-state index in [1.54, 1.807) is 37.5 Å². The van der Waals surface area contributed by atoms with Crippen molar-refractivity contribution in [2.75, 3.05) is 0 Å². The highest BCUT2D eigenvalue weighted by Gasteiger charge is 2.06. The van der Waals surface area contributed by atoms with Crippen LogP contribution in [0.3, 0.4) is 0 Å². The van der Waals surface area contributed by atoms with Crippen molar-refractivity contribution in [3.05, 3.63) is 64.6 Å². The van der Waals surface area contributed by atoms with Gasteiger partial charge in [0.25, 0.3) is 5.56 Å². The fourth-order valence-corrected chi connectivity index (χ4v) is 1.85. The summed E-state index contributed by atoms with van der Waals surface area (Å²) in [6, 6.07) is 10.7. The SMILES string of the molecule is Cc1nc2ccccc2c(=O)n1N=Cc1ccco1. The van der Waals surface area contributed by atoms with E-state index in [4.69, 9.17) is 4.42 Å². The van der Waals surface area contributed by atoms with Crippen LogP contribution in [0.25, 0.3) is 10.9 Å². The Morgan fingerprint density at radius 3 is 2.89 bits per heavy atom.